The SMILES string of the molecule is CCOc1cc(NC(=O)c2ccccc2)c(OCC)cc1NC(=O)COc1ccc(Cl)cc1. The first kappa shape index (κ1) is 23.9. The van der Waals surface area contributed by atoms with Crippen LogP contribution in [0.1, 0.15) is 24.2 Å². The van der Waals surface area contributed by atoms with Gasteiger partial charge in [0.25, 0.3) is 11.8 Å². The number of anilines is 2. The van der Waals surface area contributed by atoms with Crippen LogP contribution in [0, 0.1) is 0 Å². The molecule has 0 fully saturated rings. The number of benzene rings is 3. The predicted molar refractivity (Wildman–Crippen MR) is 129 cm³/mol. The number of halogens is 1. The monoisotopic (exact) mass is 468 g/mol. The van der Waals surface area contributed by atoms with Crippen LogP contribution in [0.15, 0.2) is 66.7 Å². The van der Waals surface area contributed by atoms with E-state index in [1.165, 1.54) is 0 Å². The molecule has 0 aliphatic carbocycles. The Kier molecular flexibility index (Phi) is 8.55. The van der Waals surface area contributed by atoms with E-state index in [-0.39, 0.29) is 18.4 Å². The summed E-state index contributed by atoms with van der Waals surface area (Å²) in [5, 5.41) is 6.21. The fourth-order valence-electron chi connectivity index (χ4n) is 2.96. The van der Waals surface area contributed by atoms with Crippen molar-refractivity contribution in [1.82, 2.24) is 0 Å². The van der Waals surface area contributed by atoms with E-state index in [0.29, 0.717) is 52.4 Å². The topological polar surface area (TPSA) is 85.9 Å². The highest BCUT2D eigenvalue weighted by Gasteiger charge is 2.17. The Hall–Kier alpha value is -3.71. The second kappa shape index (κ2) is 11.8. The highest BCUT2D eigenvalue weighted by atomic mass is 35.5. The minimum atomic E-state index is -0.380. The molecule has 0 saturated carbocycles. The smallest absolute Gasteiger partial charge is 0.262 e. The normalized spacial score (nSPS) is 10.3. The minimum absolute atomic E-state index is 0.205. The van der Waals surface area contributed by atoms with Gasteiger partial charge in [-0.1, -0.05) is 29.8 Å². The van der Waals surface area contributed by atoms with Crippen LogP contribution in [0.3, 0.4) is 0 Å². The van der Waals surface area contributed by atoms with Gasteiger partial charge in [0.05, 0.1) is 24.6 Å². The second-order valence-electron chi connectivity index (χ2n) is 6.82. The number of carbonyl (C=O) groups is 2. The van der Waals surface area contributed by atoms with Crippen molar-refractivity contribution in [3.63, 3.8) is 0 Å². The largest absolute Gasteiger partial charge is 0.492 e. The first-order valence-electron chi connectivity index (χ1n) is 10.5. The van der Waals surface area contributed by atoms with E-state index in [9.17, 15) is 9.59 Å². The first-order chi connectivity index (χ1) is 16.0. The summed E-state index contributed by atoms with van der Waals surface area (Å²) in [4.78, 5) is 25.1. The van der Waals surface area contributed by atoms with E-state index in [2.05, 4.69) is 10.6 Å². The van der Waals surface area contributed by atoms with Crippen molar-refractivity contribution < 1.29 is 23.8 Å². The predicted octanol–water partition coefficient (Wildman–Crippen LogP) is 5.41. The van der Waals surface area contributed by atoms with E-state index in [1.807, 2.05) is 19.9 Å². The molecular formula is C25H25ClN2O5. The van der Waals surface area contributed by atoms with Crippen molar-refractivity contribution in [3.8, 4) is 17.2 Å². The molecule has 2 amide bonds. The van der Waals surface area contributed by atoms with E-state index in [4.69, 9.17) is 25.8 Å². The van der Waals surface area contributed by atoms with Crippen LogP contribution < -0.4 is 24.8 Å². The van der Waals surface area contributed by atoms with Gasteiger partial charge in [0, 0.05) is 22.7 Å². The lowest BCUT2D eigenvalue weighted by molar-refractivity contribution is -0.118. The van der Waals surface area contributed by atoms with Crippen LogP contribution in [0.25, 0.3) is 0 Å². The second-order valence-corrected chi connectivity index (χ2v) is 7.26. The molecule has 0 aromatic heterocycles. The van der Waals surface area contributed by atoms with Crippen molar-refractivity contribution in [2.24, 2.45) is 0 Å². The lowest BCUT2D eigenvalue weighted by Gasteiger charge is -2.18. The third-order valence-corrected chi connectivity index (χ3v) is 4.68. The highest BCUT2D eigenvalue weighted by Crippen LogP contribution is 2.37. The molecule has 0 unspecified atom stereocenters. The quantitative estimate of drug-likeness (QED) is 0.415. The van der Waals surface area contributed by atoms with Crippen LogP contribution in [-0.2, 0) is 4.79 Å². The molecule has 7 nitrogen and oxygen atoms in total. The molecule has 8 heteroatoms. The van der Waals surface area contributed by atoms with E-state index >= 15 is 0 Å². The molecule has 0 saturated heterocycles. The number of rotatable bonds is 10. The van der Waals surface area contributed by atoms with Gasteiger partial charge in [0.2, 0.25) is 0 Å². The summed E-state index contributed by atoms with van der Waals surface area (Å²) in [7, 11) is 0. The van der Waals surface area contributed by atoms with E-state index in [1.54, 1.807) is 60.7 Å². The lowest BCUT2D eigenvalue weighted by Crippen LogP contribution is -2.21. The summed E-state index contributed by atoms with van der Waals surface area (Å²) < 4.78 is 16.9. The van der Waals surface area contributed by atoms with Gasteiger partial charge in [-0.3, -0.25) is 9.59 Å². The number of hydrogen-bond acceptors (Lipinski definition) is 5. The van der Waals surface area contributed by atoms with E-state index < -0.39 is 0 Å². The maximum absolute atomic E-state index is 12.6. The number of amides is 2. The number of hydrogen-bond donors (Lipinski definition) is 2. The molecule has 0 atom stereocenters. The molecule has 0 aliphatic rings. The van der Waals surface area contributed by atoms with Gasteiger partial charge in [-0.25, -0.2) is 0 Å². The van der Waals surface area contributed by atoms with Crippen LogP contribution in [-0.4, -0.2) is 31.6 Å². The van der Waals surface area contributed by atoms with Gasteiger partial charge in [-0.15, -0.1) is 0 Å². The summed E-state index contributed by atoms with van der Waals surface area (Å²) in [5.74, 6) is 0.651. The Balaban J connectivity index is 1.78. The third kappa shape index (κ3) is 6.89. The summed E-state index contributed by atoms with van der Waals surface area (Å²) in [5.41, 5.74) is 1.35. The highest BCUT2D eigenvalue weighted by molar-refractivity contribution is 6.30. The van der Waals surface area contributed by atoms with E-state index in [0.717, 1.165) is 0 Å². The van der Waals surface area contributed by atoms with Crippen molar-refractivity contribution >= 4 is 34.8 Å². The standard InChI is InChI=1S/C25H25ClN2O5/c1-3-31-22-15-21(28-25(30)17-8-6-5-7-9-17)23(32-4-2)14-20(22)27-24(29)16-33-19-12-10-18(26)11-13-19/h5-15H,3-4,16H2,1-2H3,(H,27,29)(H,28,30). The van der Waals surface area contributed by atoms with Crippen molar-refractivity contribution in [2.45, 2.75) is 13.8 Å². The van der Waals surface area contributed by atoms with Gasteiger partial charge in [-0.05, 0) is 50.2 Å². The molecule has 3 aromatic carbocycles. The van der Waals surface area contributed by atoms with Gasteiger partial charge < -0.3 is 24.8 Å². The minimum Gasteiger partial charge on any atom is -0.492 e. The molecule has 33 heavy (non-hydrogen) atoms. The maximum atomic E-state index is 12.6. The molecule has 3 aromatic rings. The fourth-order valence-corrected chi connectivity index (χ4v) is 3.08. The molecule has 2 N–H and O–H groups in total. The molecule has 0 heterocycles. The molecule has 0 spiro atoms. The van der Waals surface area contributed by atoms with Crippen LogP contribution >= 0.6 is 11.6 Å². The molecule has 0 radical (unpaired) electrons. The van der Waals surface area contributed by atoms with Crippen LogP contribution in [0.5, 0.6) is 17.2 Å². The van der Waals surface area contributed by atoms with Gasteiger partial charge >= 0.3 is 0 Å². The Labute approximate surface area is 197 Å². The zero-order valence-corrected chi connectivity index (χ0v) is 19.1. The third-order valence-electron chi connectivity index (χ3n) is 4.42. The summed E-state index contributed by atoms with van der Waals surface area (Å²) in [6.45, 7) is 4.19. The van der Waals surface area contributed by atoms with Gasteiger partial charge in [0.15, 0.2) is 6.61 Å². The number of nitrogens with one attached hydrogen (secondary N) is 2. The van der Waals surface area contributed by atoms with Crippen molar-refractivity contribution in [3.05, 3.63) is 77.3 Å². The zero-order valence-electron chi connectivity index (χ0n) is 18.4. The molecular weight excluding hydrogens is 444 g/mol. The van der Waals surface area contributed by atoms with Crippen LogP contribution in [0.4, 0.5) is 11.4 Å². The number of ether oxygens (including phenoxy) is 3. The molecule has 3 rings (SSSR count). The maximum Gasteiger partial charge on any atom is 0.262 e. The summed E-state index contributed by atoms with van der Waals surface area (Å²) >= 11 is 5.86. The first-order valence-corrected chi connectivity index (χ1v) is 10.9. The fraction of sp³-hybridized carbons (Fsp3) is 0.200. The Morgan fingerprint density at radius 3 is 1.94 bits per heavy atom. The Morgan fingerprint density at radius 1 is 0.788 bits per heavy atom. The molecule has 0 aliphatic heterocycles. The Bertz CT molecular complexity index is 1090. The Morgan fingerprint density at radius 2 is 1.36 bits per heavy atom. The average Bonchev–Trinajstić information content (AvgIpc) is 2.82. The molecule has 172 valence electrons. The van der Waals surface area contributed by atoms with Crippen molar-refractivity contribution in [2.75, 3.05) is 30.5 Å². The summed E-state index contributed by atoms with van der Waals surface area (Å²) in [6.07, 6.45) is 0. The van der Waals surface area contributed by atoms with Gasteiger partial charge in [-0.2, -0.15) is 0 Å². The van der Waals surface area contributed by atoms with Crippen molar-refractivity contribution in [1.29, 1.82) is 0 Å². The summed E-state index contributed by atoms with van der Waals surface area (Å²) in [6, 6.07) is 18.8. The van der Waals surface area contributed by atoms with Gasteiger partial charge in [0.1, 0.15) is 17.2 Å². The zero-order chi connectivity index (χ0) is 23.6. The lowest BCUT2D eigenvalue weighted by atomic mass is 10.2. The average molecular weight is 469 g/mol. The number of carbonyl (C=O) groups excluding carboxylic acids is 2. The molecule has 0 bridgehead atoms. The van der Waals surface area contributed by atoms with Crippen LogP contribution in [0.2, 0.25) is 5.02 Å².